The van der Waals surface area contributed by atoms with Crippen molar-refractivity contribution < 1.29 is 5.11 Å². The van der Waals surface area contributed by atoms with Crippen LogP contribution in [0.5, 0.6) is 0 Å². The van der Waals surface area contributed by atoms with Gasteiger partial charge in [0.05, 0.1) is 11.8 Å². The van der Waals surface area contributed by atoms with Crippen molar-refractivity contribution in [2.45, 2.75) is 31.9 Å². The van der Waals surface area contributed by atoms with Crippen LogP contribution < -0.4 is 4.90 Å². The van der Waals surface area contributed by atoms with Crippen molar-refractivity contribution in [3.05, 3.63) is 46.5 Å². The summed E-state index contributed by atoms with van der Waals surface area (Å²) in [6.07, 6.45) is 1.74. The third-order valence-electron chi connectivity index (χ3n) is 5.04. The molecule has 1 fully saturated rings. The Labute approximate surface area is 141 Å². The molecular weight excluding hydrogens is 306 g/mol. The summed E-state index contributed by atoms with van der Waals surface area (Å²) in [6, 6.07) is 8.55. The monoisotopic (exact) mass is 329 g/mol. The summed E-state index contributed by atoms with van der Waals surface area (Å²) in [6.45, 7) is 6.15. The van der Waals surface area contributed by atoms with Gasteiger partial charge in [-0.05, 0) is 30.9 Å². The Morgan fingerprint density at radius 2 is 2.04 bits per heavy atom. The Kier molecular flexibility index (Phi) is 4.09. The Balaban J connectivity index is 1.46. The van der Waals surface area contributed by atoms with Crippen molar-refractivity contribution in [2.24, 2.45) is 0 Å². The van der Waals surface area contributed by atoms with Gasteiger partial charge >= 0.3 is 0 Å². The van der Waals surface area contributed by atoms with Gasteiger partial charge in [-0.15, -0.1) is 11.3 Å². The lowest BCUT2D eigenvalue weighted by molar-refractivity contribution is 0.0647. The quantitative estimate of drug-likeness (QED) is 0.919. The molecule has 0 spiro atoms. The minimum absolute atomic E-state index is 0.227. The second-order valence-electron chi connectivity index (χ2n) is 6.56. The topological polar surface area (TPSA) is 39.6 Å². The fourth-order valence-corrected chi connectivity index (χ4v) is 4.69. The van der Waals surface area contributed by atoms with Crippen LogP contribution in [0.4, 0.5) is 5.13 Å². The molecule has 0 radical (unpaired) electrons. The molecule has 5 heteroatoms. The Morgan fingerprint density at radius 3 is 2.83 bits per heavy atom. The molecule has 1 aromatic heterocycles. The van der Waals surface area contributed by atoms with Gasteiger partial charge in [0.15, 0.2) is 5.13 Å². The standard InChI is InChI=1S/C18H23N3OS/c1-13-12-23-18(19-13)21-8-4-7-20(9-10-21)16-11-14-5-2-3-6-15(14)17(16)22/h2-3,5-6,12,16-17,22H,4,7-11H2,1H3/t16-,17-/m1/s1. The number of rotatable bonds is 2. The summed E-state index contributed by atoms with van der Waals surface area (Å²) >= 11 is 1.74. The molecule has 2 atom stereocenters. The SMILES string of the molecule is Cc1csc(N2CCCN([C@@H]3Cc4ccccc4[C@H]3O)CC2)n1. The van der Waals surface area contributed by atoms with E-state index in [1.165, 1.54) is 5.56 Å². The molecule has 1 saturated heterocycles. The molecule has 1 N–H and O–H groups in total. The molecule has 0 saturated carbocycles. The number of hydrogen-bond donors (Lipinski definition) is 1. The second-order valence-corrected chi connectivity index (χ2v) is 7.40. The van der Waals surface area contributed by atoms with Gasteiger partial charge in [0.2, 0.25) is 0 Å². The normalized spacial score (nSPS) is 25.4. The maximum Gasteiger partial charge on any atom is 0.185 e. The summed E-state index contributed by atoms with van der Waals surface area (Å²) in [7, 11) is 0. The van der Waals surface area contributed by atoms with Crippen LogP contribution in [-0.2, 0) is 6.42 Å². The number of thiazole rings is 1. The van der Waals surface area contributed by atoms with E-state index < -0.39 is 0 Å². The van der Waals surface area contributed by atoms with E-state index in [1.807, 2.05) is 6.07 Å². The molecular formula is C18H23N3OS. The first-order valence-electron chi connectivity index (χ1n) is 8.39. The predicted molar refractivity (Wildman–Crippen MR) is 94.1 cm³/mol. The zero-order valence-corrected chi connectivity index (χ0v) is 14.3. The Bertz CT molecular complexity index is 686. The number of benzene rings is 1. The summed E-state index contributed by atoms with van der Waals surface area (Å²) < 4.78 is 0. The summed E-state index contributed by atoms with van der Waals surface area (Å²) in [5.41, 5.74) is 3.53. The van der Waals surface area contributed by atoms with Crippen molar-refractivity contribution in [1.82, 2.24) is 9.88 Å². The lowest BCUT2D eigenvalue weighted by atomic mass is 10.1. The van der Waals surface area contributed by atoms with Crippen molar-refractivity contribution in [3.63, 3.8) is 0 Å². The molecule has 0 unspecified atom stereocenters. The largest absolute Gasteiger partial charge is 0.387 e. The van der Waals surface area contributed by atoms with E-state index in [1.54, 1.807) is 11.3 Å². The minimum atomic E-state index is -0.347. The fraction of sp³-hybridized carbons (Fsp3) is 0.500. The maximum atomic E-state index is 10.7. The number of aryl methyl sites for hydroxylation is 1. The molecule has 2 aliphatic rings. The molecule has 122 valence electrons. The highest BCUT2D eigenvalue weighted by molar-refractivity contribution is 7.13. The lowest BCUT2D eigenvalue weighted by Gasteiger charge is -2.30. The van der Waals surface area contributed by atoms with E-state index in [2.05, 4.69) is 45.3 Å². The highest BCUT2D eigenvalue weighted by Gasteiger charge is 2.35. The Morgan fingerprint density at radius 1 is 1.17 bits per heavy atom. The summed E-state index contributed by atoms with van der Waals surface area (Å²) in [5, 5.41) is 14.0. The zero-order valence-electron chi connectivity index (χ0n) is 13.5. The van der Waals surface area contributed by atoms with Crippen LogP contribution in [0.3, 0.4) is 0 Å². The van der Waals surface area contributed by atoms with E-state index in [0.29, 0.717) is 0 Å². The van der Waals surface area contributed by atoms with Crippen LogP contribution in [0.15, 0.2) is 29.6 Å². The molecule has 4 rings (SSSR count). The van der Waals surface area contributed by atoms with E-state index in [0.717, 1.165) is 55.4 Å². The van der Waals surface area contributed by atoms with Crippen LogP contribution in [0, 0.1) is 6.92 Å². The van der Waals surface area contributed by atoms with Crippen molar-refractivity contribution in [2.75, 3.05) is 31.1 Å². The first kappa shape index (κ1) is 15.1. The van der Waals surface area contributed by atoms with Crippen LogP contribution in [0.1, 0.15) is 29.3 Å². The first-order valence-corrected chi connectivity index (χ1v) is 9.27. The number of hydrogen-bond acceptors (Lipinski definition) is 5. The van der Waals surface area contributed by atoms with Crippen molar-refractivity contribution in [3.8, 4) is 0 Å². The minimum Gasteiger partial charge on any atom is -0.387 e. The predicted octanol–water partition coefficient (Wildman–Crippen LogP) is 2.62. The van der Waals surface area contributed by atoms with Crippen LogP contribution in [0.2, 0.25) is 0 Å². The molecule has 0 bridgehead atoms. The van der Waals surface area contributed by atoms with E-state index in [9.17, 15) is 5.11 Å². The number of aliphatic hydroxyl groups is 1. The molecule has 4 nitrogen and oxygen atoms in total. The molecule has 0 amide bonds. The number of aliphatic hydroxyl groups excluding tert-OH is 1. The first-order chi connectivity index (χ1) is 11.2. The van der Waals surface area contributed by atoms with Crippen molar-refractivity contribution >= 4 is 16.5 Å². The van der Waals surface area contributed by atoms with Crippen LogP contribution in [0.25, 0.3) is 0 Å². The summed E-state index contributed by atoms with van der Waals surface area (Å²) in [4.78, 5) is 9.49. The number of fused-ring (bicyclic) bond motifs is 1. The average molecular weight is 329 g/mol. The molecule has 2 aromatic rings. The lowest BCUT2D eigenvalue weighted by Crippen LogP contribution is -2.40. The van der Waals surface area contributed by atoms with E-state index >= 15 is 0 Å². The molecule has 1 aliphatic carbocycles. The highest BCUT2D eigenvalue weighted by Crippen LogP contribution is 2.35. The van der Waals surface area contributed by atoms with Gasteiger partial charge in [-0.3, -0.25) is 4.90 Å². The van der Waals surface area contributed by atoms with Crippen LogP contribution >= 0.6 is 11.3 Å². The van der Waals surface area contributed by atoms with Gasteiger partial charge in [-0.2, -0.15) is 0 Å². The van der Waals surface area contributed by atoms with Crippen molar-refractivity contribution in [1.29, 1.82) is 0 Å². The van der Waals surface area contributed by atoms with Crippen LogP contribution in [-0.4, -0.2) is 47.2 Å². The number of nitrogens with zero attached hydrogens (tertiary/aromatic N) is 3. The second kappa shape index (κ2) is 6.23. The fourth-order valence-electron chi connectivity index (χ4n) is 3.83. The van der Waals surface area contributed by atoms with Gasteiger partial charge in [-0.25, -0.2) is 4.98 Å². The van der Waals surface area contributed by atoms with Gasteiger partial charge < -0.3 is 10.0 Å². The summed E-state index contributed by atoms with van der Waals surface area (Å²) in [5.74, 6) is 0. The molecule has 1 aromatic carbocycles. The Hall–Kier alpha value is -1.43. The van der Waals surface area contributed by atoms with Gasteiger partial charge in [0.25, 0.3) is 0 Å². The number of aromatic nitrogens is 1. The van der Waals surface area contributed by atoms with E-state index in [-0.39, 0.29) is 12.1 Å². The molecule has 23 heavy (non-hydrogen) atoms. The molecule has 2 heterocycles. The smallest absolute Gasteiger partial charge is 0.185 e. The third kappa shape index (κ3) is 2.89. The van der Waals surface area contributed by atoms with Gasteiger partial charge in [0.1, 0.15) is 0 Å². The van der Waals surface area contributed by atoms with Gasteiger partial charge in [-0.1, -0.05) is 24.3 Å². The maximum absolute atomic E-state index is 10.7. The highest BCUT2D eigenvalue weighted by atomic mass is 32.1. The third-order valence-corrected chi connectivity index (χ3v) is 6.06. The number of anilines is 1. The average Bonchev–Trinajstić information content (AvgIpc) is 3.03. The van der Waals surface area contributed by atoms with Gasteiger partial charge in [0, 0.05) is 37.6 Å². The molecule has 1 aliphatic heterocycles. The zero-order chi connectivity index (χ0) is 15.8. The van der Waals surface area contributed by atoms with E-state index in [4.69, 9.17) is 0 Å².